The lowest BCUT2D eigenvalue weighted by Crippen LogP contribution is -2.30. The summed E-state index contributed by atoms with van der Waals surface area (Å²) in [4.78, 5) is 0.129. The summed E-state index contributed by atoms with van der Waals surface area (Å²) >= 11 is 0. The Morgan fingerprint density at radius 1 is 1.28 bits per heavy atom. The van der Waals surface area contributed by atoms with E-state index in [0.29, 0.717) is 5.75 Å². The Labute approximate surface area is 108 Å². The molecule has 0 aromatic heterocycles. The van der Waals surface area contributed by atoms with Crippen LogP contribution in [0, 0.1) is 13.8 Å². The van der Waals surface area contributed by atoms with Gasteiger partial charge in [0.15, 0.2) is 0 Å². The van der Waals surface area contributed by atoms with Gasteiger partial charge in [-0.3, -0.25) is 0 Å². The Morgan fingerprint density at radius 3 is 2.33 bits per heavy atom. The predicted octanol–water partition coefficient (Wildman–Crippen LogP) is 0.925. The highest BCUT2D eigenvalue weighted by molar-refractivity contribution is 7.89. The van der Waals surface area contributed by atoms with E-state index in [1.165, 1.54) is 14.2 Å². The van der Waals surface area contributed by atoms with Gasteiger partial charge < -0.3 is 9.84 Å². The molecule has 1 rings (SSSR count). The Morgan fingerprint density at radius 2 is 1.83 bits per heavy atom. The normalized spacial score (nSPS) is 11.9. The van der Waals surface area contributed by atoms with E-state index in [9.17, 15) is 8.42 Å². The van der Waals surface area contributed by atoms with Gasteiger partial charge in [-0.05, 0) is 37.1 Å². The zero-order chi connectivity index (χ0) is 13.9. The summed E-state index contributed by atoms with van der Waals surface area (Å²) in [5.74, 6) is 0.322. The van der Waals surface area contributed by atoms with Crippen LogP contribution in [0.25, 0.3) is 0 Å². The third-order valence-electron chi connectivity index (χ3n) is 2.88. The molecule has 0 heterocycles. The van der Waals surface area contributed by atoms with Gasteiger partial charge in [0.25, 0.3) is 0 Å². The number of aryl methyl sites for hydroxylation is 2. The van der Waals surface area contributed by atoms with Crippen molar-refractivity contribution in [1.82, 2.24) is 4.31 Å². The molecule has 1 aromatic rings. The van der Waals surface area contributed by atoms with E-state index in [1.807, 2.05) is 13.8 Å². The molecule has 0 saturated carbocycles. The molecule has 0 bridgehead atoms. The van der Waals surface area contributed by atoms with Crippen LogP contribution < -0.4 is 4.74 Å². The average Bonchev–Trinajstić information content (AvgIpc) is 2.32. The van der Waals surface area contributed by atoms with Crippen molar-refractivity contribution in [3.8, 4) is 5.75 Å². The maximum Gasteiger partial charge on any atom is 0.246 e. The largest absolute Gasteiger partial charge is 0.495 e. The van der Waals surface area contributed by atoms with Gasteiger partial charge in [0.05, 0.1) is 13.7 Å². The lowest BCUT2D eigenvalue weighted by Gasteiger charge is -2.19. The predicted molar refractivity (Wildman–Crippen MR) is 69.4 cm³/mol. The van der Waals surface area contributed by atoms with Crippen molar-refractivity contribution >= 4 is 10.0 Å². The number of methoxy groups -OCH3 is 1. The van der Waals surface area contributed by atoms with Crippen molar-refractivity contribution in [2.24, 2.45) is 0 Å². The number of aliphatic hydroxyl groups excluding tert-OH is 1. The van der Waals surface area contributed by atoms with Crippen LogP contribution >= 0.6 is 0 Å². The molecular weight excluding hydrogens is 254 g/mol. The Bertz CT molecular complexity index is 525. The quantitative estimate of drug-likeness (QED) is 0.866. The molecule has 0 radical (unpaired) electrons. The summed E-state index contributed by atoms with van der Waals surface area (Å²) in [6.45, 7) is 3.58. The summed E-state index contributed by atoms with van der Waals surface area (Å²) in [5, 5.41) is 8.83. The zero-order valence-electron chi connectivity index (χ0n) is 11.1. The van der Waals surface area contributed by atoms with Crippen molar-refractivity contribution in [3.05, 3.63) is 23.3 Å². The summed E-state index contributed by atoms with van der Waals surface area (Å²) in [7, 11) is -0.764. The van der Waals surface area contributed by atoms with Gasteiger partial charge in [-0.1, -0.05) is 0 Å². The van der Waals surface area contributed by atoms with E-state index < -0.39 is 10.0 Å². The SMILES string of the molecule is COc1cc(C)c(C)cc1S(=O)(=O)N(C)CCO. The molecule has 0 saturated heterocycles. The highest BCUT2D eigenvalue weighted by Crippen LogP contribution is 2.29. The average molecular weight is 273 g/mol. The number of sulfonamides is 1. The summed E-state index contributed by atoms with van der Waals surface area (Å²) in [6.07, 6.45) is 0. The first kappa shape index (κ1) is 14.9. The van der Waals surface area contributed by atoms with E-state index in [0.717, 1.165) is 15.4 Å². The van der Waals surface area contributed by atoms with Gasteiger partial charge in [-0.15, -0.1) is 0 Å². The standard InChI is InChI=1S/C12H19NO4S/c1-9-7-11(17-4)12(8-10(9)2)18(15,16)13(3)5-6-14/h7-8,14H,5-6H2,1-4H3. The van der Waals surface area contributed by atoms with Crippen molar-refractivity contribution < 1.29 is 18.3 Å². The highest BCUT2D eigenvalue weighted by Gasteiger charge is 2.25. The molecular formula is C12H19NO4S. The highest BCUT2D eigenvalue weighted by atomic mass is 32.2. The van der Waals surface area contributed by atoms with E-state index in [2.05, 4.69) is 0 Å². The van der Waals surface area contributed by atoms with Crippen LogP contribution in [0.5, 0.6) is 5.75 Å². The van der Waals surface area contributed by atoms with E-state index in [4.69, 9.17) is 9.84 Å². The van der Waals surface area contributed by atoms with Crippen LogP contribution in [0.4, 0.5) is 0 Å². The first-order valence-corrected chi connectivity index (χ1v) is 7.01. The Balaban J connectivity index is 3.36. The Hall–Kier alpha value is -1.11. The molecule has 0 aliphatic rings. The lowest BCUT2D eigenvalue weighted by molar-refractivity contribution is 0.266. The van der Waals surface area contributed by atoms with E-state index in [-0.39, 0.29) is 18.0 Å². The summed E-state index contributed by atoms with van der Waals surface area (Å²) < 4.78 is 30.8. The number of nitrogens with zero attached hydrogens (tertiary/aromatic N) is 1. The maximum absolute atomic E-state index is 12.3. The topological polar surface area (TPSA) is 66.8 Å². The van der Waals surface area contributed by atoms with Crippen LogP contribution in [0.15, 0.2) is 17.0 Å². The molecule has 0 spiro atoms. The number of rotatable bonds is 5. The minimum atomic E-state index is -3.63. The van der Waals surface area contributed by atoms with Gasteiger partial charge in [0.1, 0.15) is 10.6 Å². The van der Waals surface area contributed by atoms with Crippen LogP contribution in [-0.4, -0.2) is 45.1 Å². The van der Waals surface area contributed by atoms with E-state index in [1.54, 1.807) is 12.1 Å². The number of hydrogen-bond acceptors (Lipinski definition) is 4. The molecule has 5 nitrogen and oxygen atoms in total. The van der Waals surface area contributed by atoms with Crippen molar-refractivity contribution in [1.29, 1.82) is 0 Å². The maximum atomic E-state index is 12.3. The molecule has 0 fully saturated rings. The molecule has 0 amide bonds. The van der Waals surface area contributed by atoms with Crippen LogP contribution in [0.3, 0.4) is 0 Å². The first-order valence-electron chi connectivity index (χ1n) is 5.57. The van der Waals surface area contributed by atoms with Crippen LogP contribution in [0.1, 0.15) is 11.1 Å². The second-order valence-electron chi connectivity index (χ2n) is 4.14. The number of aliphatic hydroxyl groups is 1. The van der Waals surface area contributed by atoms with E-state index >= 15 is 0 Å². The number of ether oxygens (including phenoxy) is 1. The van der Waals surface area contributed by atoms with Crippen LogP contribution in [-0.2, 0) is 10.0 Å². The molecule has 102 valence electrons. The fourth-order valence-corrected chi connectivity index (χ4v) is 2.93. The zero-order valence-corrected chi connectivity index (χ0v) is 11.9. The molecule has 0 unspecified atom stereocenters. The third-order valence-corrected chi connectivity index (χ3v) is 4.76. The van der Waals surface area contributed by atoms with Crippen molar-refractivity contribution in [3.63, 3.8) is 0 Å². The Kier molecular flexibility index (Phi) is 4.72. The number of benzene rings is 1. The number of likely N-dealkylation sites (N-methyl/N-ethyl adjacent to an activating group) is 1. The lowest BCUT2D eigenvalue weighted by atomic mass is 10.1. The molecule has 0 aliphatic heterocycles. The second-order valence-corrected chi connectivity index (χ2v) is 6.15. The third kappa shape index (κ3) is 2.82. The smallest absolute Gasteiger partial charge is 0.246 e. The molecule has 0 aliphatic carbocycles. The molecule has 1 aromatic carbocycles. The molecule has 1 N–H and O–H groups in total. The van der Waals surface area contributed by atoms with Gasteiger partial charge in [0.2, 0.25) is 10.0 Å². The first-order chi connectivity index (χ1) is 8.34. The van der Waals surface area contributed by atoms with Crippen molar-refractivity contribution in [2.45, 2.75) is 18.7 Å². The van der Waals surface area contributed by atoms with Crippen LogP contribution in [0.2, 0.25) is 0 Å². The van der Waals surface area contributed by atoms with Gasteiger partial charge in [-0.2, -0.15) is 4.31 Å². The molecule has 18 heavy (non-hydrogen) atoms. The molecule has 0 atom stereocenters. The van der Waals surface area contributed by atoms with Gasteiger partial charge in [-0.25, -0.2) is 8.42 Å². The fraction of sp³-hybridized carbons (Fsp3) is 0.500. The van der Waals surface area contributed by atoms with Crippen molar-refractivity contribution in [2.75, 3.05) is 27.3 Å². The molecule has 6 heteroatoms. The monoisotopic (exact) mass is 273 g/mol. The summed E-state index contributed by atoms with van der Waals surface area (Å²) in [6, 6.07) is 3.30. The van der Waals surface area contributed by atoms with Gasteiger partial charge >= 0.3 is 0 Å². The minimum absolute atomic E-state index is 0.0540. The summed E-state index contributed by atoms with van der Waals surface area (Å²) in [5.41, 5.74) is 1.85. The second kappa shape index (κ2) is 5.69. The minimum Gasteiger partial charge on any atom is -0.495 e. The van der Waals surface area contributed by atoms with Gasteiger partial charge in [0, 0.05) is 13.6 Å². The number of hydrogen-bond donors (Lipinski definition) is 1. The fourth-order valence-electron chi connectivity index (χ4n) is 1.55.